The molecule has 22 heavy (non-hydrogen) atoms. The van der Waals surface area contributed by atoms with Gasteiger partial charge in [0.05, 0.1) is 6.54 Å². The van der Waals surface area contributed by atoms with Crippen LogP contribution in [0.2, 0.25) is 0 Å². The number of hydrogen-bond donors (Lipinski definition) is 2. The van der Waals surface area contributed by atoms with Crippen molar-refractivity contribution < 1.29 is 4.39 Å². The largest absolute Gasteiger partial charge is 0.357 e. The number of rotatable bonds is 7. The number of halogens is 1. The van der Waals surface area contributed by atoms with Crippen LogP contribution < -0.4 is 10.6 Å². The van der Waals surface area contributed by atoms with Crippen molar-refractivity contribution in [3.8, 4) is 0 Å². The van der Waals surface area contributed by atoms with E-state index in [-0.39, 0.29) is 5.82 Å². The highest BCUT2D eigenvalue weighted by Crippen LogP contribution is 2.07. The van der Waals surface area contributed by atoms with Crippen LogP contribution in [0.1, 0.15) is 18.9 Å². The molecule has 0 atom stereocenters. The van der Waals surface area contributed by atoms with Gasteiger partial charge in [-0.25, -0.2) is 9.38 Å². The number of aliphatic imine (C=N–C) groups is 1. The predicted octanol–water partition coefficient (Wildman–Crippen LogP) is 2.17. The SMILES string of the molecule is CCNC(=NCc1ccccc1F)NCCCn1cccn1. The molecule has 0 saturated heterocycles. The van der Waals surface area contributed by atoms with Gasteiger partial charge in [-0.1, -0.05) is 18.2 Å². The number of aromatic nitrogens is 2. The standard InChI is InChI=1S/C16H22FN5/c1-2-18-16(19-9-5-11-22-12-6-10-21-22)20-13-14-7-3-4-8-15(14)17/h3-4,6-8,10,12H,2,5,9,11,13H2,1H3,(H2,18,19,20). The third kappa shape index (κ3) is 5.20. The highest BCUT2D eigenvalue weighted by atomic mass is 19.1. The maximum Gasteiger partial charge on any atom is 0.191 e. The van der Waals surface area contributed by atoms with E-state index in [1.54, 1.807) is 18.3 Å². The lowest BCUT2D eigenvalue weighted by atomic mass is 10.2. The zero-order chi connectivity index (χ0) is 15.6. The number of nitrogens with one attached hydrogen (secondary N) is 2. The summed E-state index contributed by atoms with van der Waals surface area (Å²) in [7, 11) is 0. The summed E-state index contributed by atoms with van der Waals surface area (Å²) in [6.45, 7) is 4.73. The van der Waals surface area contributed by atoms with Crippen molar-refractivity contribution in [3.05, 3.63) is 54.1 Å². The van der Waals surface area contributed by atoms with Crippen LogP contribution in [-0.2, 0) is 13.1 Å². The van der Waals surface area contributed by atoms with E-state index >= 15 is 0 Å². The zero-order valence-electron chi connectivity index (χ0n) is 12.8. The van der Waals surface area contributed by atoms with E-state index in [0.29, 0.717) is 18.1 Å². The Morgan fingerprint density at radius 1 is 1.27 bits per heavy atom. The molecule has 2 rings (SSSR count). The molecule has 0 radical (unpaired) electrons. The fraction of sp³-hybridized carbons (Fsp3) is 0.375. The minimum absolute atomic E-state index is 0.221. The first-order valence-corrected chi connectivity index (χ1v) is 7.52. The molecule has 0 aliphatic heterocycles. The molecule has 0 fully saturated rings. The van der Waals surface area contributed by atoms with E-state index < -0.39 is 0 Å². The minimum atomic E-state index is -0.221. The number of nitrogens with zero attached hydrogens (tertiary/aromatic N) is 3. The van der Waals surface area contributed by atoms with Gasteiger partial charge in [0.15, 0.2) is 5.96 Å². The lowest BCUT2D eigenvalue weighted by molar-refractivity contribution is 0.570. The van der Waals surface area contributed by atoms with Gasteiger partial charge in [-0.15, -0.1) is 0 Å². The Kier molecular flexibility index (Phi) is 6.41. The van der Waals surface area contributed by atoms with E-state index in [9.17, 15) is 4.39 Å². The van der Waals surface area contributed by atoms with E-state index in [0.717, 1.165) is 26.1 Å². The number of aryl methyl sites for hydroxylation is 1. The van der Waals surface area contributed by atoms with Gasteiger partial charge in [0, 0.05) is 37.6 Å². The van der Waals surface area contributed by atoms with Crippen molar-refractivity contribution in [1.82, 2.24) is 20.4 Å². The Bertz CT molecular complexity index is 580. The van der Waals surface area contributed by atoms with Gasteiger partial charge in [-0.3, -0.25) is 4.68 Å². The van der Waals surface area contributed by atoms with Crippen LogP contribution in [0.5, 0.6) is 0 Å². The third-order valence-corrected chi connectivity index (χ3v) is 3.13. The van der Waals surface area contributed by atoms with Crippen LogP contribution >= 0.6 is 0 Å². The molecule has 0 spiro atoms. The molecule has 0 bridgehead atoms. The monoisotopic (exact) mass is 303 g/mol. The highest BCUT2D eigenvalue weighted by Gasteiger charge is 2.01. The van der Waals surface area contributed by atoms with Crippen LogP contribution in [-0.4, -0.2) is 28.8 Å². The molecule has 2 aromatic rings. The maximum absolute atomic E-state index is 13.6. The lowest BCUT2D eigenvalue weighted by Gasteiger charge is -2.11. The average molecular weight is 303 g/mol. The van der Waals surface area contributed by atoms with Crippen LogP contribution in [0.15, 0.2) is 47.7 Å². The second-order valence-electron chi connectivity index (χ2n) is 4.84. The predicted molar refractivity (Wildman–Crippen MR) is 86.1 cm³/mol. The summed E-state index contributed by atoms with van der Waals surface area (Å²) < 4.78 is 15.5. The van der Waals surface area contributed by atoms with Crippen molar-refractivity contribution in [2.75, 3.05) is 13.1 Å². The van der Waals surface area contributed by atoms with Crippen LogP contribution in [0.4, 0.5) is 4.39 Å². The topological polar surface area (TPSA) is 54.2 Å². The first kappa shape index (κ1) is 16.0. The van der Waals surface area contributed by atoms with E-state index in [2.05, 4.69) is 20.7 Å². The Balaban J connectivity index is 1.80. The van der Waals surface area contributed by atoms with Gasteiger partial charge in [-0.05, 0) is 25.5 Å². The van der Waals surface area contributed by atoms with Crippen molar-refractivity contribution in [2.45, 2.75) is 26.4 Å². The minimum Gasteiger partial charge on any atom is -0.357 e. The van der Waals surface area contributed by atoms with Crippen LogP contribution in [0.3, 0.4) is 0 Å². The Hall–Kier alpha value is -2.37. The molecule has 0 aliphatic rings. The van der Waals surface area contributed by atoms with E-state index in [4.69, 9.17) is 0 Å². The molecular weight excluding hydrogens is 281 g/mol. The van der Waals surface area contributed by atoms with Crippen molar-refractivity contribution in [1.29, 1.82) is 0 Å². The molecule has 1 aromatic carbocycles. The fourth-order valence-corrected chi connectivity index (χ4v) is 2.01. The molecule has 2 N–H and O–H groups in total. The van der Waals surface area contributed by atoms with Crippen molar-refractivity contribution in [3.63, 3.8) is 0 Å². The number of guanidine groups is 1. The average Bonchev–Trinajstić information content (AvgIpc) is 3.03. The van der Waals surface area contributed by atoms with Crippen LogP contribution in [0, 0.1) is 5.82 Å². The molecule has 0 saturated carbocycles. The normalized spacial score (nSPS) is 11.5. The molecular formula is C16H22FN5. The molecule has 1 aromatic heterocycles. The summed E-state index contributed by atoms with van der Waals surface area (Å²) in [5.41, 5.74) is 0.594. The molecule has 5 nitrogen and oxygen atoms in total. The summed E-state index contributed by atoms with van der Waals surface area (Å²) >= 11 is 0. The summed E-state index contributed by atoms with van der Waals surface area (Å²) in [5, 5.41) is 10.6. The first-order chi connectivity index (χ1) is 10.8. The zero-order valence-corrected chi connectivity index (χ0v) is 12.8. The second kappa shape index (κ2) is 8.81. The van der Waals surface area contributed by atoms with Gasteiger partial charge in [0.25, 0.3) is 0 Å². The molecule has 118 valence electrons. The fourth-order valence-electron chi connectivity index (χ4n) is 2.01. The molecule has 0 amide bonds. The van der Waals surface area contributed by atoms with Gasteiger partial charge < -0.3 is 10.6 Å². The van der Waals surface area contributed by atoms with E-state index in [1.165, 1.54) is 6.07 Å². The molecule has 6 heteroatoms. The van der Waals surface area contributed by atoms with Crippen molar-refractivity contribution in [2.24, 2.45) is 4.99 Å². The Morgan fingerprint density at radius 3 is 2.86 bits per heavy atom. The molecule has 1 heterocycles. The third-order valence-electron chi connectivity index (χ3n) is 3.13. The van der Waals surface area contributed by atoms with Gasteiger partial charge >= 0.3 is 0 Å². The lowest BCUT2D eigenvalue weighted by Crippen LogP contribution is -2.38. The van der Waals surface area contributed by atoms with Gasteiger partial charge in [0.1, 0.15) is 5.82 Å². The number of hydrogen-bond acceptors (Lipinski definition) is 2. The maximum atomic E-state index is 13.6. The van der Waals surface area contributed by atoms with Gasteiger partial charge in [0.2, 0.25) is 0 Å². The highest BCUT2D eigenvalue weighted by molar-refractivity contribution is 5.79. The first-order valence-electron chi connectivity index (χ1n) is 7.52. The second-order valence-corrected chi connectivity index (χ2v) is 4.84. The van der Waals surface area contributed by atoms with Crippen LogP contribution in [0.25, 0.3) is 0 Å². The van der Waals surface area contributed by atoms with Crippen molar-refractivity contribution >= 4 is 5.96 Å². The Labute approximate surface area is 130 Å². The summed E-state index contributed by atoms with van der Waals surface area (Å²) in [6.07, 6.45) is 4.65. The number of benzene rings is 1. The summed E-state index contributed by atoms with van der Waals surface area (Å²) in [4.78, 5) is 4.41. The molecule has 0 unspecified atom stereocenters. The smallest absolute Gasteiger partial charge is 0.191 e. The van der Waals surface area contributed by atoms with E-state index in [1.807, 2.05) is 29.9 Å². The summed E-state index contributed by atoms with van der Waals surface area (Å²) in [6, 6.07) is 8.61. The van der Waals surface area contributed by atoms with Gasteiger partial charge in [-0.2, -0.15) is 5.10 Å². The quantitative estimate of drug-likeness (QED) is 0.468. The molecule has 0 aliphatic carbocycles. The Morgan fingerprint density at radius 2 is 2.14 bits per heavy atom. The summed E-state index contributed by atoms with van der Waals surface area (Å²) in [5.74, 6) is 0.479.